The van der Waals surface area contributed by atoms with Gasteiger partial charge >= 0.3 is 6.03 Å². The van der Waals surface area contributed by atoms with Gasteiger partial charge in [-0.25, -0.2) is 4.79 Å². The van der Waals surface area contributed by atoms with Gasteiger partial charge in [0.05, 0.1) is 0 Å². The maximum absolute atomic E-state index is 11.9. The van der Waals surface area contributed by atoms with Crippen LogP contribution in [0, 0.1) is 17.8 Å². The zero-order valence-electron chi connectivity index (χ0n) is 10.4. The molecule has 3 fully saturated rings. The van der Waals surface area contributed by atoms with Crippen LogP contribution in [0.2, 0.25) is 0 Å². The van der Waals surface area contributed by atoms with E-state index in [0.717, 1.165) is 30.8 Å². The summed E-state index contributed by atoms with van der Waals surface area (Å²) in [6.45, 7) is 4.11. The molecule has 0 N–H and O–H groups in total. The third-order valence-corrected chi connectivity index (χ3v) is 5.02. The maximum Gasteiger partial charge on any atom is 0.320 e. The number of rotatable bonds is 2. The molecule has 2 saturated carbocycles. The number of hydrogen-bond acceptors (Lipinski definition) is 1. The second kappa shape index (κ2) is 3.64. The van der Waals surface area contributed by atoms with Crippen LogP contribution in [0.25, 0.3) is 0 Å². The lowest BCUT2D eigenvalue weighted by Crippen LogP contribution is -2.38. The van der Waals surface area contributed by atoms with E-state index in [0.29, 0.717) is 6.04 Å². The standard InChI is InChI=1S/C13H22N2O/c1-9(15-8-7-14(2)13(15)16)12-10-5-3-4-6-11(10)12/h9-12H,3-8H2,1-2H3/t9?,10-,11+,12?. The van der Waals surface area contributed by atoms with E-state index < -0.39 is 0 Å². The third-order valence-electron chi connectivity index (χ3n) is 5.02. The summed E-state index contributed by atoms with van der Waals surface area (Å²) in [4.78, 5) is 15.9. The smallest absolute Gasteiger partial charge is 0.320 e. The van der Waals surface area contributed by atoms with Gasteiger partial charge in [0.25, 0.3) is 0 Å². The molecule has 2 unspecified atom stereocenters. The maximum atomic E-state index is 11.9. The molecule has 0 aromatic carbocycles. The Morgan fingerprint density at radius 1 is 1.19 bits per heavy atom. The van der Waals surface area contributed by atoms with E-state index in [1.165, 1.54) is 25.7 Å². The highest BCUT2D eigenvalue weighted by Gasteiger charge is 2.55. The highest BCUT2D eigenvalue weighted by atomic mass is 16.2. The Kier molecular flexibility index (Phi) is 2.37. The molecule has 3 rings (SSSR count). The van der Waals surface area contributed by atoms with E-state index in [9.17, 15) is 4.79 Å². The van der Waals surface area contributed by atoms with Gasteiger partial charge in [-0.3, -0.25) is 0 Å². The summed E-state index contributed by atoms with van der Waals surface area (Å²) in [6, 6.07) is 0.724. The SMILES string of the molecule is CC(C1[C@H]2CCCC[C@@H]12)N1CCN(C)C1=O. The van der Waals surface area contributed by atoms with Crippen molar-refractivity contribution in [3.63, 3.8) is 0 Å². The average Bonchev–Trinajstić information content (AvgIpc) is 2.93. The summed E-state index contributed by atoms with van der Waals surface area (Å²) in [5, 5.41) is 0. The molecule has 16 heavy (non-hydrogen) atoms. The fraction of sp³-hybridized carbons (Fsp3) is 0.923. The second-order valence-corrected chi connectivity index (χ2v) is 5.83. The minimum atomic E-state index is 0.246. The van der Waals surface area contributed by atoms with Crippen molar-refractivity contribution in [3.05, 3.63) is 0 Å². The van der Waals surface area contributed by atoms with Crippen LogP contribution in [0.3, 0.4) is 0 Å². The van der Waals surface area contributed by atoms with Crippen LogP contribution in [-0.4, -0.2) is 42.0 Å². The van der Waals surface area contributed by atoms with Crippen molar-refractivity contribution >= 4 is 6.03 Å². The Hall–Kier alpha value is -0.730. The minimum Gasteiger partial charge on any atom is -0.326 e. The number of amides is 2. The fourth-order valence-electron chi connectivity index (χ4n) is 4.02. The molecule has 90 valence electrons. The molecule has 3 heteroatoms. The van der Waals surface area contributed by atoms with Crippen molar-refractivity contribution in [1.29, 1.82) is 0 Å². The van der Waals surface area contributed by atoms with Gasteiger partial charge < -0.3 is 9.80 Å². The molecule has 1 aliphatic heterocycles. The predicted molar refractivity (Wildman–Crippen MR) is 63.1 cm³/mol. The monoisotopic (exact) mass is 222 g/mol. The number of carbonyl (C=O) groups is 1. The quantitative estimate of drug-likeness (QED) is 0.702. The van der Waals surface area contributed by atoms with Gasteiger partial charge in [-0.2, -0.15) is 0 Å². The van der Waals surface area contributed by atoms with E-state index in [4.69, 9.17) is 0 Å². The number of likely N-dealkylation sites (N-methyl/N-ethyl adjacent to an activating group) is 1. The molecular formula is C13H22N2O. The largest absolute Gasteiger partial charge is 0.326 e. The van der Waals surface area contributed by atoms with Crippen molar-refractivity contribution < 1.29 is 4.79 Å². The average molecular weight is 222 g/mol. The topological polar surface area (TPSA) is 23.6 Å². The van der Waals surface area contributed by atoms with Crippen molar-refractivity contribution in [3.8, 4) is 0 Å². The van der Waals surface area contributed by atoms with Gasteiger partial charge in [0.1, 0.15) is 0 Å². The van der Waals surface area contributed by atoms with E-state index in [2.05, 4.69) is 11.8 Å². The first-order valence-corrected chi connectivity index (χ1v) is 6.72. The molecule has 1 saturated heterocycles. The van der Waals surface area contributed by atoms with E-state index in [1.54, 1.807) is 0 Å². The lowest BCUT2D eigenvalue weighted by molar-refractivity contribution is 0.177. The third kappa shape index (κ3) is 1.44. The fourth-order valence-corrected chi connectivity index (χ4v) is 4.02. The Balaban J connectivity index is 1.66. The number of urea groups is 1. The van der Waals surface area contributed by atoms with Gasteiger partial charge in [0, 0.05) is 26.2 Å². The van der Waals surface area contributed by atoms with Crippen LogP contribution in [-0.2, 0) is 0 Å². The van der Waals surface area contributed by atoms with Gasteiger partial charge in [-0.15, -0.1) is 0 Å². The highest BCUT2D eigenvalue weighted by molar-refractivity contribution is 5.76. The Morgan fingerprint density at radius 3 is 2.31 bits per heavy atom. The molecular weight excluding hydrogens is 200 g/mol. The molecule has 2 aliphatic carbocycles. The lowest BCUT2D eigenvalue weighted by atomic mass is 10.0. The molecule has 0 aromatic rings. The summed E-state index contributed by atoms with van der Waals surface area (Å²) < 4.78 is 0. The molecule has 1 heterocycles. The molecule has 3 nitrogen and oxygen atoms in total. The Bertz CT molecular complexity index is 292. The van der Waals surface area contributed by atoms with E-state index in [1.807, 2.05) is 11.9 Å². The molecule has 0 spiro atoms. The van der Waals surface area contributed by atoms with Gasteiger partial charge in [0.2, 0.25) is 0 Å². The lowest BCUT2D eigenvalue weighted by Gasteiger charge is -2.24. The van der Waals surface area contributed by atoms with Crippen LogP contribution in [0.4, 0.5) is 4.79 Å². The van der Waals surface area contributed by atoms with Crippen molar-refractivity contribution in [2.24, 2.45) is 17.8 Å². The van der Waals surface area contributed by atoms with E-state index >= 15 is 0 Å². The van der Waals surface area contributed by atoms with Crippen LogP contribution in [0.15, 0.2) is 0 Å². The molecule has 0 aromatic heterocycles. The summed E-state index contributed by atoms with van der Waals surface area (Å²) in [6.07, 6.45) is 5.66. The summed E-state index contributed by atoms with van der Waals surface area (Å²) in [5.41, 5.74) is 0. The number of hydrogen-bond donors (Lipinski definition) is 0. The Labute approximate surface area is 97.8 Å². The van der Waals surface area contributed by atoms with E-state index in [-0.39, 0.29) is 6.03 Å². The van der Waals surface area contributed by atoms with Crippen LogP contribution >= 0.6 is 0 Å². The highest BCUT2D eigenvalue weighted by Crippen LogP contribution is 2.57. The normalized spacial score (nSPS) is 39.9. The zero-order chi connectivity index (χ0) is 11.3. The zero-order valence-corrected chi connectivity index (χ0v) is 10.4. The molecule has 2 amide bonds. The Morgan fingerprint density at radius 2 is 1.81 bits per heavy atom. The summed E-state index contributed by atoms with van der Waals surface area (Å²) in [5.74, 6) is 2.71. The van der Waals surface area contributed by atoms with Crippen molar-refractivity contribution in [2.45, 2.75) is 38.6 Å². The molecule has 4 atom stereocenters. The molecule has 0 bridgehead atoms. The minimum absolute atomic E-state index is 0.246. The number of fused-ring (bicyclic) bond motifs is 1. The number of carbonyl (C=O) groups excluding carboxylic acids is 1. The summed E-state index contributed by atoms with van der Waals surface area (Å²) >= 11 is 0. The predicted octanol–water partition coefficient (Wildman–Crippen LogP) is 2.18. The number of nitrogens with zero attached hydrogens (tertiary/aromatic N) is 2. The first-order chi connectivity index (χ1) is 7.70. The van der Waals surface area contributed by atoms with Crippen LogP contribution in [0.5, 0.6) is 0 Å². The second-order valence-electron chi connectivity index (χ2n) is 5.83. The molecule has 3 aliphatic rings. The van der Waals surface area contributed by atoms with Crippen molar-refractivity contribution in [2.75, 3.05) is 20.1 Å². The van der Waals surface area contributed by atoms with Crippen LogP contribution < -0.4 is 0 Å². The first-order valence-electron chi connectivity index (χ1n) is 6.72. The van der Waals surface area contributed by atoms with Crippen molar-refractivity contribution in [1.82, 2.24) is 9.80 Å². The first kappa shape index (κ1) is 10.4. The molecule has 0 radical (unpaired) electrons. The van der Waals surface area contributed by atoms with Crippen LogP contribution in [0.1, 0.15) is 32.6 Å². The van der Waals surface area contributed by atoms with Gasteiger partial charge in [-0.1, -0.05) is 12.8 Å². The summed E-state index contributed by atoms with van der Waals surface area (Å²) in [7, 11) is 1.91. The van der Waals surface area contributed by atoms with Gasteiger partial charge in [-0.05, 0) is 37.5 Å². The van der Waals surface area contributed by atoms with Gasteiger partial charge in [0.15, 0.2) is 0 Å².